The maximum Gasteiger partial charge on any atom is 0.196 e. The van der Waals surface area contributed by atoms with Gasteiger partial charge in [0.25, 0.3) is 0 Å². The van der Waals surface area contributed by atoms with E-state index >= 15 is 0 Å². The molecule has 3 aromatic rings. The molecule has 0 radical (unpaired) electrons. The summed E-state index contributed by atoms with van der Waals surface area (Å²) in [6.45, 7) is 5.31. The molecule has 1 aliphatic heterocycles. The maximum atomic E-state index is 5.67. The van der Waals surface area contributed by atoms with Crippen molar-refractivity contribution in [3.8, 4) is 17.1 Å². The van der Waals surface area contributed by atoms with Crippen LogP contribution in [0.15, 0.2) is 53.7 Å². The van der Waals surface area contributed by atoms with Crippen LogP contribution >= 0.6 is 11.8 Å². The summed E-state index contributed by atoms with van der Waals surface area (Å²) < 4.78 is 13.1. The van der Waals surface area contributed by atoms with Crippen molar-refractivity contribution >= 4 is 11.8 Å². The van der Waals surface area contributed by atoms with Crippen molar-refractivity contribution in [1.29, 1.82) is 0 Å². The lowest BCUT2D eigenvalue weighted by Gasteiger charge is -2.22. The van der Waals surface area contributed by atoms with Crippen LogP contribution in [0.25, 0.3) is 17.1 Å². The minimum atomic E-state index is 0.190. The number of thioether (sulfide) groups is 1. The Morgan fingerprint density at radius 1 is 1.00 bits per heavy atom. The van der Waals surface area contributed by atoms with E-state index in [4.69, 9.17) is 9.47 Å². The molecule has 140 valence electrons. The van der Waals surface area contributed by atoms with Gasteiger partial charge in [0, 0.05) is 17.0 Å². The molecule has 5 nitrogen and oxygen atoms in total. The lowest BCUT2D eigenvalue weighted by atomic mass is 10.1. The van der Waals surface area contributed by atoms with Crippen LogP contribution in [0.3, 0.4) is 0 Å². The minimum Gasteiger partial charge on any atom is -0.355 e. The molecule has 1 saturated heterocycles. The summed E-state index contributed by atoms with van der Waals surface area (Å²) in [4.78, 5) is 0. The summed E-state index contributed by atoms with van der Waals surface area (Å²) in [5.41, 5.74) is 4.58. The first-order valence-corrected chi connectivity index (χ1v) is 10.1. The van der Waals surface area contributed by atoms with E-state index in [2.05, 4.69) is 77.1 Å². The quantitative estimate of drug-likeness (QED) is 0.613. The largest absolute Gasteiger partial charge is 0.355 e. The number of aryl methyl sites for hydroxylation is 2. The number of hydrogen-bond acceptors (Lipinski definition) is 5. The van der Waals surface area contributed by atoms with E-state index in [9.17, 15) is 0 Å². The van der Waals surface area contributed by atoms with Crippen molar-refractivity contribution < 1.29 is 9.47 Å². The van der Waals surface area contributed by atoms with Crippen molar-refractivity contribution in [2.24, 2.45) is 0 Å². The number of ether oxygens (including phenoxy) is 2. The zero-order valence-electron chi connectivity index (χ0n) is 15.6. The molecule has 0 aliphatic carbocycles. The van der Waals surface area contributed by atoms with Crippen molar-refractivity contribution in [3.63, 3.8) is 0 Å². The normalized spacial score (nSPS) is 17.2. The van der Waals surface area contributed by atoms with Gasteiger partial charge >= 0.3 is 0 Å². The molecular formula is C21H23N3O2S. The van der Waals surface area contributed by atoms with Crippen molar-refractivity contribution in [2.45, 2.75) is 31.5 Å². The van der Waals surface area contributed by atoms with Crippen LogP contribution in [0.4, 0.5) is 0 Å². The molecule has 1 fully saturated rings. The summed E-state index contributed by atoms with van der Waals surface area (Å²) in [5.74, 6) is 1.69. The summed E-state index contributed by atoms with van der Waals surface area (Å²) in [5, 5.41) is 9.87. The second-order valence-electron chi connectivity index (χ2n) is 6.76. The molecule has 6 heteroatoms. The SMILES string of the molecule is Cc1ccc(-c2nnc(SC[C@@H]3CCOCO3)n2-c2ccc(C)cc2)cc1. The van der Waals surface area contributed by atoms with Crippen LogP contribution in [0.5, 0.6) is 0 Å². The van der Waals surface area contributed by atoms with Gasteiger partial charge in [-0.1, -0.05) is 59.3 Å². The van der Waals surface area contributed by atoms with Crippen LogP contribution in [0.1, 0.15) is 17.5 Å². The Bertz CT molecular complexity index is 885. The van der Waals surface area contributed by atoms with Gasteiger partial charge in [-0.25, -0.2) is 0 Å². The van der Waals surface area contributed by atoms with Crippen molar-refractivity contribution in [3.05, 3.63) is 59.7 Å². The summed E-state index contributed by atoms with van der Waals surface area (Å²) in [6, 6.07) is 16.9. The highest BCUT2D eigenvalue weighted by atomic mass is 32.2. The third-order valence-corrected chi connectivity index (χ3v) is 5.67. The molecular weight excluding hydrogens is 358 g/mol. The zero-order valence-corrected chi connectivity index (χ0v) is 16.4. The van der Waals surface area contributed by atoms with Gasteiger partial charge < -0.3 is 9.47 Å². The topological polar surface area (TPSA) is 49.2 Å². The first kappa shape index (κ1) is 18.2. The third-order valence-electron chi connectivity index (χ3n) is 4.60. The first-order valence-electron chi connectivity index (χ1n) is 9.12. The van der Waals surface area contributed by atoms with Crippen LogP contribution in [-0.2, 0) is 9.47 Å². The second-order valence-corrected chi connectivity index (χ2v) is 7.74. The van der Waals surface area contributed by atoms with Crippen LogP contribution in [0.2, 0.25) is 0 Å². The van der Waals surface area contributed by atoms with Crippen LogP contribution in [-0.4, -0.2) is 40.0 Å². The Morgan fingerprint density at radius 3 is 2.37 bits per heavy atom. The molecule has 1 aromatic heterocycles. The molecule has 27 heavy (non-hydrogen) atoms. The Kier molecular flexibility index (Phi) is 5.57. The number of hydrogen-bond donors (Lipinski definition) is 0. The van der Waals surface area contributed by atoms with E-state index < -0.39 is 0 Å². The van der Waals surface area contributed by atoms with E-state index in [1.165, 1.54) is 11.1 Å². The van der Waals surface area contributed by atoms with E-state index in [0.29, 0.717) is 6.79 Å². The average molecular weight is 382 g/mol. The van der Waals surface area contributed by atoms with E-state index in [0.717, 1.165) is 41.0 Å². The molecule has 4 rings (SSSR count). The lowest BCUT2D eigenvalue weighted by molar-refractivity contribution is -0.130. The van der Waals surface area contributed by atoms with Crippen LogP contribution in [0, 0.1) is 13.8 Å². The molecule has 2 aromatic carbocycles. The summed E-state index contributed by atoms with van der Waals surface area (Å²) >= 11 is 1.68. The predicted molar refractivity (Wildman–Crippen MR) is 107 cm³/mol. The lowest BCUT2D eigenvalue weighted by Crippen LogP contribution is -2.25. The number of rotatable bonds is 5. The molecule has 0 unspecified atom stereocenters. The molecule has 1 atom stereocenters. The standard InChI is InChI=1S/C21H23N3O2S/c1-15-3-7-17(8-4-15)20-22-23-21(27-13-19-11-12-25-14-26-19)24(20)18-9-5-16(2)6-10-18/h3-10,19H,11-14H2,1-2H3/t19-/m0/s1. The van der Waals surface area contributed by atoms with E-state index in [1.807, 2.05) is 0 Å². The van der Waals surface area contributed by atoms with Gasteiger partial charge in [-0.15, -0.1) is 10.2 Å². The Hall–Kier alpha value is -2.15. The fourth-order valence-electron chi connectivity index (χ4n) is 2.98. The Labute approximate surface area is 163 Å². The van der Waals surface area contributed by atoms with Gasteiger partial charge in [0.05, 0.1) is 12.7 Å². The molecule has 0 spiro atoms. The van der Waals surface area contributed by atoms with Gasteiger partial charge in [0.15, 0.2) is 11.0 Å². The smallest absolute Gasteiger partial charge is 0.196 e. The number of aromatic nitrogens is 3. The average Bonchev–Trinajstić information content (AvgIpc) is 3.12. The zero-order chi connectivity index (χ0) is 18.6. The molecule has 0 bridgehead atoms. The third kappa shape index (κ3) is 4.24. The molecule has 0 amide bonds. The van der Waals surface area contributed by atoms with Gasteiger partial charge in [-0.3, -0.25) is 4.57 Å². The highest BCUT2D eigenvalue weighted by Gasteiger charge is 2.20. The van der Waals surface area contributed by atoms with Gasteiger partial charge in [-0.05, 0) is 32.4 Å². The van der Waals surface area contributed by atoms with E-state index in [-0.39, 0.29) is 6.10 Å². The van der Waals surface area contributed by atoms with Crippen molar-refractivity contribution in [1.82, 2.24) is 14.8 Å². The molecule has 1 aliphatic rings. The maximum absolute atomic E-state index is 5.67. The van der Waals surface area contributed by atoms with Crippen molar-refractivity contribution in [2.75, 3.05) is 19.2 Å². The fourth-order valence-corrected chi connectivity index (χ4v) is 4.00. The summed E-state index contributed by atoms with van der Waals surface area (Å²) in [6.07, 6.45) is 1.10. The Morgan fingerprint density at radius 2 is 1.70 bits per heavy atom. The number of benzene rings is 2. The summed E-state index contributed by atoms with van der Waals surface area (Å²) in [7, 11) is 0. The first-order chi connectivity index (χ1) is 13.2. The number of nitrogens with zero attached hydrogens (tertiary/aromatic N) is 3. The molecule has 0 saturated carbocycles. The van der Waals surface area contributed by atoms with Gasteiger partial charge in [0.2, 0.25) is 0 Å². The monoisotopic (exact) mass is 381 g/mol. The highest BCUT2D eigenvalue weighted by molar-refractivity contribution is 7.99. The van der Waals surface area contributed by atoms with E-state index in [1.54, 1.807) is 11.8 Å². The van der Waals surface area contributed by atoms with Gasteiger partial charge in [-0.2, -0.15) is 0 Å². The Balaban J connectivity index is 1.67. The van der Waals surface area contributed by atoms with Crippen LogP contribution < -0.4 is 0 Å². The predicted octanol–water partition coefficient (Wildman–Crippen LogP) is 4.41. The second kappa shape index (κ2) is 8.25. The molecule has 0 N–H and O–H groups in total. The fraction of sp³-hybridized carbons (Fsp3) is 0.333. The molecule has 2 heterocycles. The minimum absolute atomic E-state index is 0.190. The van der Waals surface area contributed by atoms with Gasteiger partial charge in [0.1, 0.15) is 6.79 Å². The highest BCUT2D eigenvalue weighted by Crippen LogP contribution is 2.29.